The molecule has 134 valence electrons. The van der Waals surface area contributed by atoms with E-state index in [1.807, 2.05) is 0 Å². The van der Waals surface area contributed by atoms with Gasteiger partial charge in [0.25, 0.3) is 0 Å². The zero-order valence-electron chi connectivity index (χ0n) is 13.5. The van der Waals surface area contributed by atoms with Crippen molar-refractivity contribution < 1.29 is 32.6 Å². The fourth-order valence-electron chi connectivity index (χ4n) is 2.23. The van der Waals surface area contributed by atoms with E-state index >= 15 is 0 Å². The molecule has 0 amide bonds. The van der Waals surface area contributed by atoms with Crippen LogP contribution in [-0.2, 0) is 20.9 Å². The lowest BCUT2D eigenvalue weighted by atomic mass is 9.98. The van der Waals surface area contributed by atoms with Crippen LogP contribution in [0.25, 0.3) is 0 Å². The van der Waals surface area contributed by atoms with E-state index in [1.165, 1.54) is 25.3 Å². The maximum atomic E-state index is 13.5. The lowest BCUT2D eigenvalue weighted by molar-refractivity contribution is -0.153. The van der Waals surface area contributed by atoms with Gasteiger partial charge in [-0.05, 0) is 24.6 Å². The minimum atomic E-state index is -2.21. The van der Waals surface area contributed by atoms with Gasteiger partial charge in [0.15, 0.2) is 11.7 Å². The Morgan fingerprint density at radius 2 is 1.88 bits per heavy atom. The van der Waals surface area contributed by atoms with Gasteiger partial charge in [-0.2, -0.15) is 8.78 Å². The maximum absolute atomic E-state index is 13.5. The van der Waals surface area contributed by atoms with Gasteiger partial charge < -0.3 is 19.0 Å². The number of ether oxygens (including phenoxy) is 2. The first-order valence-electron chi connectivity index (χ1n) is 7.64. The number of benzene rings is 1. The van der Waals surface area contributed by atoms with Crippen LogP contribution < -0.4 is 0 Å². The average Bonchev–Trinajstić information content (AvgIpc) is 3.13. The molecular formula is C18H18F2O5. The van der Waals surface area contributed by atoms with Crippen molar-refractivity contribution in [1.29, 1.82) is 0 Å². The van der Waals surface area contributed by atoms with E-state index in [9.17, 15) is 18.7 Å². The Balaban J connectivity index is 2.27. The predicted octanol–water partition coefficient (Wildman–Crippen LogP) is 3.82. The van der Waals surface area contributed by atoms with Gasteiger partial charge in [-0.15, -0.1) is 0 Å². The molecule has 2 atom stereocenters. The Kier molecular flexibility index (Phi) is 6.71. The van der Waals surface area contributed by atoms with E-state index in [4.69, 9.17) is 13.9 Å². The third-order valence-electron chi connectivity index (χ3n) is 3.40. The molecule has 1 N–H and O–H groups in total. The van der Waals surface area contributed by atoms with Gasteiger partial charge in [-0.3, -0.25) is 4.79 Å². The van der Waals surface area contributed by atoms with Crippen molar-refractivity contribution in [2.75, 3.05) is 6.61 Å². The summed E-state index contributed by atoms with van der Waals surface area (Å²) in [6.45, 7) is 1.32. The molecule has 2 rings (SSSR count). The summed E-state index contributed by atoms with van der Waals surface area (Å²) in [6.07, 6.45) is -2.61. The highest BCUT2D eigenvalue weighted by atomic mass is 19.3. The molecule has 0 aliphatic rings. The van der Waals surface area contributed by atoms with E-state index in [0.717, 1.165) is 0 Å². The minimum Gasteiger partial charge on any atom is -0.487 e. The lowest BCUT2D eigenvalue weighted by Gasteiger charge is -2.22. The van der Waals surface area contributed by atoms with Crippen LogP contribution in [0.2, 0.25) is 0 Å². The lowest BCUT2D eigenvalue weighted by Crippen LogP contribution is -2.28. The van der Waals surface area contributed by atoms with Crippen molar-refractivity contribution in [3.63, 3.8) is 0 Å². The summed E-state index contributed by atoms with van der Waals surface area (Å²) >= 11 is 0. The van der Waals surface area contributed by atoms with Crippen LogP contribution in [0.1, 0.15) is 24.4 Å². The summed E-state index contributed by atoms with van der Waals surface area (Å²) in [5, 5.41) is 10.3. The van der Waals surface area contributed by atoms with E-state index < -0.39 is 29.8 Å². The highest BCUT2D eigenvalue weighted by Crippen LogP contribution is 2.33. The van der Waals surface area contributed by atoms with Crippen molar-refractivity contribution in [2.45, 2.75) is 19.6 Å². The molecule has 1 heterocycles. The molecule has 2 aromatic rings. The molecular weight excluding hydrogens is 334 g/mol. The molecule has 25 heavy (non-hydrogen) atoms. The van der Waals surface area contributed by atoms with Crippen molar-refractivity contribution in [2.24, 2.45) is 5.92 Å². The molecule has 0 aliphatic heterocycles. The maximum Gasteiger partial charge on any atom is 0.320 e. The number of carbonyl (C=O) groups excluding carboxylic acids is 1. The first-order valence-corrected chi connectivity index (χ1v) is 7.64. The molecule has 0 spiro atoms. The Labute approximate surface area is 143 Å². The second-order valence-electron chi connectivity index (χ2n) is 5.09. The Morgan fingerprint density at radius 3 is 2.44 bits per heavy atom. The quantitative estimate of drug-likeness (QED) is 0.578. The number of halogens is 2. The van der Waals surface area contributed by atoms with Gasteiger partial charge in [0.2, 0.25) is 0 Å². The van der Waals surface area contributed by atoms with Crippen LogP contribution in [0.15, 0.2) is 65.0 Å². The zero-order chi connectivity index (χ0) is 18.2. The van der Waals surface area contributed by atoms with Gasteiger partial charge in [-0.25, -0.2) is 0 Å². The Bertz CT molecular complexity index is 694. The second kappa shape index (κ2) is 8.98. The van der Waals surface area contributed by atoms with Crippen LogP contribution in [0.4, 0.5) is 8.78 Å². The summed E-state index contributed by atoms with van der Waals surface area (Å²) in [5.41, 5.74) is 0.636. The predicted molar refractivity (Wildman–Crippen MR) is 84.3 cm³/mol. The SMILES string of the molecule is CCOC(=O)[C@H](C(OCc1ccccc1)=C(F)F)[C@@H](O)c1ccco1. The topological polar surface area (TPSA) is 68.9 Å². The number of hydrogen-bond donors (Lipinski definition) is 1. The summed E-state index contributed by atoms with van der Waals surface area (Å²) in [7, 11) is 0. The summed E-state index contributed by atoms with van der Waals surface area (Å²) in [5.74, 6) is -3.74. The molecule has 1 aromatic carbocycles. The second-order valence-corrected chi connectivity index (χ2v) is 5.09. The number of rotatable bonds is 8. The fourth-order valence-corrected chi connectivity index (χ4v) is 2.23. The van der Waals surface area contributed by atoms with Crippen LogP contribution in [0, 0.1) is 5.92 Å². The van der Waals surface area contributed by atoms with Crippen molar-refractivity contribution in [3.8, 4) is 0 Å². The molecule has 5 nitrogen and oxygen atoms in total. The van der Waals surface area contributed by atoms with Gasteiger partial charge >= 0.3 is 12.0 Å². The Morgan fingerprint density at radius 1 is 1.16 bits per heavy atom. The van der Waals surface area contributed by atoms with Crippen LogP contribution in [0.5, 0.6) is 0 Å². The molecule has 0 saturated carbocycles. The molecule has 0 fully saturated rings. The van der Waals surface area contributed by atoms with Gasteiger partial charge in [0.1, 0.15) is 18.5 Å². The van der Waals surface area contributed by atoms with Gasteiger partial charge in [0.05, 0.1) is 12.9 Å². The van der Waals surface area contributed by atoms with E-state index in [0.29, 0.717) is 5.56 Å². The highest BCUT2D eigenvalue weighted by Gasteiger charge is 2.38. The Hall–Kier alpha value is -2.67. The van der Waals surface area contributed by atoms with Crippen LogP contribution in [-0.4, -0.2) is 17.7 Å². The molecule has 0 radical (unpaired) electrons. The smallest absolute Gasteiger partial charge is 0.320 e. The van der Waals surface area contributed by atoms with Gasteiger partial charge in [0, 0.05) is 0 Å². The molecule has 0 aliphatic carbocycles. The van der Waals surface area contributed by atoms with Crippen LogP contribution in [0.3, 0.4) is 0 Å². The molecule has 0 unspecified atom stereocenters. The van der Waals surface area contributed by atoms with Crippen molar-refractivity contribution in [3.05, 3.63) is 71.9 Å². The molecule has 0 saturated heterocycles. The number of esters is 1. The van der Waals surface area contributed by atoms with E-state index in [2.05, 4.69) is 0 Å². The monoisotopic (exact) mass is 352 g/mol. The molecule has 7 heteroatoms. The number of aliphatic hydroxyl groups is 1. The average molecular weight is 352 g/mol. The normalized spacial score (nSPS) is 13.0. The van der Waals surface area contributed by atoms with Gasteiger partial charge in [-0.1, -0.05) is 30.3 Å². The van der Waals surface area contributed by atoms with E-state index in [-0.39, 0.29) is 19.0 Å². The third-order valence-corrected chi connectivity index (χ3v) is 3.40. The van der Waals surface area contributed by atoms with Crippen molar-refractivity contribution in [1.82, 2.24) is 0 Å². The minimum absolute atomic E-state index is 0.0277. The zero-order valence-corrected chi connectivity index (χ0v) is 13.5. The molecule has 0 bridgehead atoms. The number of furan rings is 1. The first kappa shape index (κ1) is 18.7. The fraction of sp³-hybridized carbons (Fsp3) is 0.278. The molecule has 1 aromatic heterocycles. The standard InChI is InChI=1S/C18H18F2O5/c1-2-23-18(22)14(15(21)13-9-6-10-24-13)16(17(19)20)25-11-12-7-4-3-5-8-12/h3-10,14-15,21H,2,11H2,1H3/t14-,15-/m0/s1. The first-order chi connectivity index (χ1) is 12.0. The van der Waals surface area contributed by atoms with Crippen LogP contribution >= 0.6 is 0 Å². The summed E-state index contributed by atoms with van der Waals surface area (Å²) in [4.78, 5) is 12.2. The van der Waals surface area contributed by atoms with E-state index in [1.54, 1.807) is 30.3 Å². The highest BCUT2D eigenvalue weighted by molar-refractivity contribution is 5.76. The largest absolute Gasteiger partial charge is 0.487 e. The summed E-state index contributed by atoms with van der Waals surface area (Å²) < 4.78 is 41.9. The number of aliphatic hydroxyl groups excluding tert-OH is 1. The number of hydrogen-bond acceptors (Lipinski definition) is 5. The summed E-state index contributed by atoms with van der Waals surface area (Å²) in [6, 6.07) is 11.5. The van der Waals surface area contributed by atoms with Crippen molar-refractivity contribution >= 4 is 5.97 Å². The third kappa shape index (κ3) is 4.90. The number of carbonyl (C=O) groups is 1.